The van der Waals surface area contributed by atoms with Gasteiger partial charge in [-0.05, 0) is 19.2 Å². The van der Waals surface area contributed by atoms with Crippen molar-refractivity contribution in [3.8, 4) is 11.5 Å². The van der Waals surface area contributed by atoms with Crippen LogP contribution in [0.25, 0.3) is 0 Å². The number of carbonyl (C=O) groups is 1. The predicted octanol–water partition coefficient (Wildman–Crippen LogP) is 1.68. The zero-order valence-corrected chi connectivity index (χ0v) is 12.4. The van der Waals surface area contributed by atoms with E-state index in [-0.39, 0.29) is 24.0 Å². The summed E-state index contributed by atoms with van der Waals surface area (Å²) in [6, 6.07) is 5.92. The van der Waals surface area contributed by atoms with Gasteiger partial charge in [0, 0.05) is 20.1 Å². The van der Waals surface area contributed by atoms with Gasteiger partial charge in [-0.2, -0.15) is 13.2 Å². The van der Waals surface area contributed by atoms with Gasteiger partial charge in [0.15, 0.2) is 24.7 Å². The van der Waals surface area contributed by atoms with E-state index in [1.54, 1.807) is 20.2 Å². The maximum absolute atomic E-state index is 12.2. The van der Waals surface area contributed by atoms with Gasteiger partial charge in [0.1, 0.15) is 0 Å². The summed E-state index contributed by atoms with van der Waals surface area (Å²) in [6.45, 7) is -0.547. The molecule has 0 heterocycles. The van der Waals surface area contributed by atoms with Crippen molar-refractivity contribution in [1.29, 1.82) is 0 Å². The van der Waals surface area contributed by atoms with Crippen molar-refractivity contribution in [2.24, 2.45) is 0 Å². The maximum atomic E-state index is 12.2. The second kappa shape index (κ2) is 8.47. The molecule has 0 atom stereocenters. The van der Waals surface area contributed by atoms with Gasteiger partial charge in [0.2, 0.25) is 0 Å². The summed E-state index contributed by atoms with van der Waals surface area (Å²) in [4.78, 5) is 13.3. The minimum Gasteiger partial charge on any atom is -0.480 e. The van der Waals surface area contributed by atoms with Crippen LogP contribution in [0.2, 0.25) is 0 Å². The first-order chi connectivity index (χ1) is 10.3. The Morgan fingerprint density at radius 1 is 1.23 bits per heavy atom. The minimum absolute atomic E-state index is 0.0505. The molecule has 0 unspecified atom stereocenters. The summed E-state index contributed by atoms with van der Waals surface area (Å²) in [5.74, 6) is -0.228. The molecule has 0 spiro atoms. The first-order valence-electron chi connectivity index (χ1n) is 6.63. The molecule has 22 heavy (non-hydrogen) atoms. The summed E-state index contributed by atoms with van der Waals surface area (Å²) < 4.78 is 46.5. The van der Waals surface area contributed by atoms with E-state index in [0.29, 0.717) is 13.1 Å². The van der Waals surface area contributed by atoms with Crippen LogP contribution < -0.4 is 14.8 Å². The van der Waals surface area contributed by atoms with Gasteiger partial charge in [-0.25, -0.2) is 0 Å². The fraction of sp³-hybridized carbons (Fsp3) is 0.500. The van der Waals surface area contributed by atoms with Crippen LogP contribution in [0.3, 0.4) is 0 Å². The average molecular weight is 320 g/mol. The molecule has 0 saturated carbocycles. The molecule has 1 rings (SSSR count). The van der Waals surface area contributed by atoms with Crippen LogP contribution >= 0.6 is 0 Å². The van der Waals surface area contributed by atoms with Crippen molar-refractivity contribution in [2.45, 2.75) is 6.18 Å². The molecule has 0 aliphatic heterocycles. The Balaban J connectivity index is 2.56. The van der Waals surface area contributed by atoms with Gasteiger partial charge in [0.25, 0.3) is 5.91 Å². The molecule has 0 radical (unpaired) electrons. The highest BCUT2D eigenvalue weighted by Gasteiger charge is 2.29. The smallest absolute Gasteiger partial charge is 0.422 e. The Hall–Kier alpha value is -1.96. The number of hydrogen-bond donors (Lipinski definition) is 1. The summed E-state index contributed by atoms with van der Waals surface area (Å²) in [7, 11) is 3.39. The number of nitrogens with one attached hydrogen (secondary N) is 1. The normalized spacial score (nSPS) is 11.1. The van der Waals surface area contributed by atoms with Crippen molar-refractivity contribution in [1.82, 2.24) is 10.2 Å². The Bertz CT molecular complexity index is 481. The second-order valence-corrected chi connectivity index (χ2v) is 4.56. The van der Waals surface area contributed by atoms with E-state index in [2.05, 4.69) is 10.1 Å². The van der Waals surface area contributed by atoms with Crippen LogP contribution in [-0.4, -0.2) is 57.4 Å². The van der Waals surface area contributed by atoms with E-state index in [1.807, 2.05) is 0 Å². The summed E-state index contributed by atoms with van der Waals surface area (Å²) in [5.41, 5.74) is 0. The number of alkyl halides is 3. The number of para-hydroxylation sites is 2. The van der Waals surface area contributed by atoms with Gasteiger partial charge in [-0.3, -0.25) is 4.79 Å². The molecule has 0 bridgehead atoms. The lowest BCUT2D eigenvalue weighted by Crippen LogP contribution is -2.35. The Morgan fingerprint density at radius 2 is 1.82 bits per heavy atom. The largest absolute Gasteiger partial charge is 0.480 e. The number of benzene rings is 1. The fourth-order valence-corrected chi connectivity index (χ4v) is 1.50. The first-order valence-corrected chi connectivity index (χ1v) is 6.63. The van der Waals surface area contributed by atoms with Crippen molar-refractivity contribution in [3.63, 3.8) is 0 Å². The molecule has 8 heteroatoms. The third-order valence-corrected chi connectivity index (χ3v) is 2.71. The molecular weight excluding hydrogens is 301 g/mol. The molecule has 1 amide bonds. The SMILES string of the molecule is CNCCN(C)C(=O)COc1ccccc1OCC(F)(F)F. The van der Waals surface area contributed by atoms with Gasteiger partial charge in [0.05, 0.1) is 0 Å². The van der Waals surface area contributed by atoms with Crippen LogP contribution in [0.4, 0.5) is 13.2 Å². The van der Waals surface area contributed by atoms with Crippen LogP contribution in [0, 0.1) is 0 Å². The van der Waals surface area contributed by atoms with Crippen molar-refractivity contribution in [2.75, 3.05) is 40.4 Å². The Labute approximate surface area is 127 Å². The molecular formula is C14H19F3N2O3. The number of carbonyl (C=O) groups excluding carboxylic acids is 1. The Kier molecular flexibility index (Phi) is 6.97. The van der Waals surface area contributed by atoms with Crippen LogP contribution in [-0.2, 0) is 4.79 Å². The number of ether oxygens (including phenoxy) is 2. The van der Waals surface area contributed by atoms with E-state index in [0.717, 1.165) is 0 Å². The monoisotopic (exact) mass is 320 g/mol. The number of rotatable bonds is 8. The van der Waals surface area contributed by atoms with Crippen LogP contribution in [0.1, 0.15) is 0 Å². The second-order valence-electron chi connectivity index (χ2n) is 4.56. The molecule has 1 aromatic carbocycles. The summed E-state index contributed by atoms with van der Waals surface area (Å²) >= 11 is 0. The molecule has 0 aromatic heterocycles. The van der Waals surface area contributed by atoms with E-state index in [4.69, 9.17) is 4.74 Å². The zero-order valence-electron chi connectivity index (χ0n) is 12.4. The molecule has 0 fully saturated rings. The highest BCUT2D eigenvalue weighted by Crippen LogP contribution is 2.28. The van der Waals surface area contributed by atoms with Crippen molar-refractivity contribution >= 4 is 5.91 Å². The number of nitrogens with zero attached hydrogens (tertiary/aromatic N) is 1. The number of likely N-dealkylation sites (N-methyl/N-ethyl adjacent to an activating group) is 2. The molecule has 1 aromatic rings. The van der Waals surface area contributed by atoms with Crippen LogP contribution in [0.15, 0.2) is 24.3 Å². The van der Waals surface area contributed by atoms with E-state index in [1.165, 1.54) is 23.1 Å². The van der Waals surface area contributed by atoms with Crippen molar-refractivity contribution in [3.05, 3.63) is 24.3 Å². The number of hydrogen-bond acceptors (Lipinski definition) is 4. The third kappa shape index (κ3) is 6.66. The molecule has 0 saturated heterocycles. The molecule has 0 aliphatic rings. The van der Waals surface area contributed by atoms with Gasteiger partial charge >= 0.3 is 6.18 Å². The lowest BCUT2D eigenvalue weighted by Gasteiger charge is -2.18. The Morgan fingerprint density at radius 3 is 2.36 bits per heavy atom. The number of halogens is 3. The summed E-state index contributed by atoms with van der Waals surface area (Å²) in [5, 5.41) is 2.91. The lowest BCUT2D eigenvalue weighted by atomic mass is 10.3. The standard InChI is InChI=1S/C14H19F3N2O3/c1-18-7-8-19(2)13(20)9-21-11-5-3-4-6-12(11)22-10-14(15,16)17/h3-6,18H,7-10H2,1-2H3. The first kappa shape index (κ1) is 18.1. The highest BCUT2D eigenvalue weighted by molar-refractivity contribution is 5.77. The van der Waals surface area contributed by atoms with Gasteiger partial charge < -0.3 is 19.7 Å². The average Bonchev–Trinajstić information content (AvgIpc) is 2.48. The number of amides is 1. The molecule has 5 nitrogen and oxygen atoms in total. The minimum atomic E-state index is -4.43. The molecule has 124 valence electrons. The molecule has 1 N–H and O–H groups in total. The highest BCUT2D eigenvalue weighted by atomic mass is 19.4. The van der Waals surface area contributed by atoms with Crippen LogP contribution in [0.5, 0.6) is 11.5 Å². The van der Waals surface area contributed by atoms with E-state index >= 15 is 0 Å². The topological polar surface area (TPSA) is 50.8 Å². The quantitative estimate of drug-likeness (QED) is 0.792. The maximum Gasteiger partial charge on any atom is 0.422 e. The lowest BCUT2D eigenvalue weighted by molar-refractivity contribution is -0.153. The van der Waals surface area contributed by atoms with E-state index < -0.39 is 12.8 Å². The summed E-state index contributed by atoms with van der Waals surface area (Å²) in [6.07, 6.45) is -4.43. The fourth-order valence-electron chi connectivity index (χ4n) is 1.50. The molecule has 0 aliphatic carbocycles. The van der Waals surface area contributed by atoms with Gasteiger partial charge in [-0.15, -0.1) is 0 Å². The van der Waals surface area contributed by atoms with Crippen molar-refractivity contribution < 1.29 is 27.4 Å². The van der Waals surface area contributed by atoms with Gasteiger partial charge in [-0.1, -0.05) is 12.1 Å². The zero-order chi connectivity index (χ0) is 16.6. The third-order valence-electron chi connectivity index (χ3n) is 2.71. The predicted molar refractivity (Wildman–Crippen MR) is 75.1 cm³/mol. The van der Waals surface area contributed by atoms with E-state index in [9.17, 15) is 18.0 Å².